The van der Waals surface area contributed by atoms with Crippen LogP contribution in [-0.2, 0) is 9.53 Å². The summed E-state index contributed by atoms with van der Waals surface area (Å²) in [6, 6.07) is 7.83. The van der Waals surface area contributed by atoms with Gasteiger partial charge in [0.2, 0.25) is 0 Å². The van der Waals surface area contributed by atoms with Crippen LogP contribution in [0, 0.1) is 27.7 Å². The van der Waals surface area contributed by atoms with Gasteiger partial charge in [-0.15, -0.1) is 0 Å². The highest BCUT2D eigenvalue weighted by Crippen LogP contribution is 2.29. The van der Waals surface area contributed by atoms with Crippen molar-refractivity contribution in [2.45, 2.75) is 27.7 Å². The molecular weight excluding hydrogens is 364 g/mol. The van der Waals surface area contributed by atoms with Gasteiger partial charge in [-0.1, -0.05) is 12.1 Å². The Morgan fingerprint density at radius 2 is 1.14 bits per heavy atom. The van der Waals surface area contributed by atoms with E-state index in [1.807, 2.05) is 64.1 Å². The van der Waals surface area contributed by atoms with Gasteiger partial charge in [0.25, 0.3) is 0 Å². The quantitative estimate of drug-likeness (QED) is 0.687. The van der Waals surface area contributed by atoms with Crippen LogP contribution in [0.2, 0.25) is 0 Å². The van der Waals surface area contributed by atoms with Gasteiger partial charge in [-0.25, -0.2) is 0 Å². The molecule has 2 aromatic rings. The molecule has 1 aliphatic heterocycles. The lowest BCUT2D eigenvalue weighted by Crippen LogP contribution is -2.22. The SMILES string of the molecule is COc1ccc(/C=C2/COC/C(=C\c3ccc(OC)c(C)c3C)C2=O)c(C)c1C. The minimum Gasteiger partial charge on any atom is -0.496 e. The summed E-state index contributed by atoms with van der Waals surface area (Å²) in [5.74, 6) is 1.74. The highest BCUT2D eigenvalue weighted by molar-refractivity contribution is 6.14. The Morgan fingerprint density at radius 3 is 1.52 bits per heavy atom. The molecule has 4 heteroatoms. The van der Waals surface area contributed by atoms with Crippen LogP contribution in [0.1, 0.15) is 33.4 Å². The van der Waals surface area contributed by atoms with Crippen LogP contribution in [-0.4, -0.2) is 33.2 Å². The topological polar surface area (TPSA) is 44.8 Å². The lowest BCUT2D eigenvalue weighted by atomic mass is 9.94. The number of hydrogen-bond acceptors (Lipinski definition) is 4. The van der Waals surface area contributed by atoms with E-state index in [4.69, 9.17) is 14.2 Å². The fourth-order valence-electron chi connectivity index (χ4n) is 3.59. The van der Waals surface area contributed by atoms with Crippen molar-refractivity contribution in [3.8, 4) is 11.5 Å². The van der Waals surface area contributed by atoms with Gasteiger partial charge in [-0.3, -0.25) is 4.79 Å². The standard InChI is InChI=1S/C25H28O4/c1-15-17(3)23(27-5)9-7-19(15)11-21-13-29-14-22(25(21)26)12-20-8-10-24(28-6)18(4)16(20)2/h7-12H,13-14H2,1-6H3/b21-11-,22-12+. The third kappa shape index (κ3) is 4.13. The smallest absolute Gasteiger partial charge is 0.189 e. The van der Waals surface area contributed by atoms with Crippen LogP contribution >= 0.6 is 0 Å². The summed E-state index contributed by atoms with van der Waals surface area (Å²) in [5.41, 5.74) is 7.69. The molecule has 0 atom stereocenters. The molecule has 1 aliphatic rings. The van der Waals surface area contributed by atoms with Gasteiger partial charge < -0.3 is 14.2 Å². The van der Waals surface area contributed by atoms with E-state index in [0.29, 0.717) is 24.4 Å². The fraction of sp³-hybridized carbons (Fsp3) is 0.320. The summed E-state index contributed by atoms with van der Waals surface area (Å²) in [6.07, 6.45) is 3.87. The highest BCUT2D eigenvalue weighted by atomic mass is 16.5. The van der Waals surface area contributed by atoms with Gasteiger partial charge in [0.1, 0.15) is 11.5 Å². The summed E-state index contributed by atoms with van der Waals surface area (Å²) in [7, 11) is 3.33. The summed E-state index contributed by atoms with van der Waals surface area (Å²) in [5, 5.41) is 0. The van der Waals surface area contributed by atoms with E-state index >= 15 is 0 Å². The van der Waals surface area contributed by atoms with E-state index in [2.05, 4.69) is 0 Å². The zero-order valence-electron chi connectivity index (χ0n) is 18.0. The normalized spacial score (nSPS) is 17.1. The molecule has 2 aromatic carbocycles. The van der Waals surface area contributed by atoms with E-state index in [0.717, 1.165) is 44.9 Å². The van der Waals surface area contributed by atoms with Crippen LogP contribution in [0.15, 0.2) is 35.4 Å². The Balaban J connectivity index is 1.96. The van der Waals surface area contributed by atoms with Gasteiger partial charge in [-0.05, 0) is 85.4 Å². The molecule has 1 heterocycles. The van der Waals surface area contributed by atoms with Crippen molar-refractivity contribution >= 4 is 17.9 Å². The average Bonchev–Trinajstić information content (AvgIpc) is 2.72. The first-order valence-corrected chi connectivity index (χ1v) is 9.69. The molecule has 0 aromatic heterocycles. The zero-order chi connectivity index (χ0) is 21.1. The maximum Gasteiger partial charge on any atom is 0.189 e. The average molecular weight is 392 g/mol. The third-order valence-corrected chi connectivity index (χ3v) is 5.76. The third-order valence-electron chi connectivity index (χ3n) is 5.76. The van der Waals surface area contributed by atoms with Crippen molar-refractivity contribution in [2.24, 2.45) is 0 Å². The predicted molar refractivity (Wildman–Crippen MR) is 117 cm³/mol. The first-order valence-electron chi connectivity index (χ1n) is 9.69. The van der Waals surface area contributed by atoms with E-state index in [1.54, 1.807) is 14.2 Å². The van der Waals surface area contributed by atoms with Crippen LogP contribution in [0.3, 0.4) is 0 Å². The molecule has 0 unspecified atom stereocenters. The first-order chi connectivity index (χ1) is 13.9. The number of ether oxygens (including phenoxy) is 3. The van der Waals surface area contributed by atoms with Gasteiger partial charge in [0.05, 0.1) is 27.4 Å². The second kappa shape index (κ2) is 8.66. The number of ketones is 1. The number of rotatable bonds is 4. The molecule has 152 valence electrons. The predicted octanol–water partition coefficient (Wildman–Crippen LogP) is 5.00. The minimum absolute atomic E-state index is 0.0389. The van der Waals surface area contributed by atoms with E-state index in [1.165, 1.54) is 0 Å². The van der Waals surface area contributed by atoms with Gasteiger partial charge in [0.15, 0.2) is 5.78 Å². The maximum absolute atomic E-state index is 13.1. The monoisotopic (exact) mass is 392 g/mol. The molecule has 29 heavy (non-hydrogen) atoms. The molecule has 0 aliphatic carbocycles. The number of Topliss-reactive ketones (excluding diaryl/α,β-unsaturated/α-hetero) is 1. The lowest BCUT2D eigenvalue weighted by molar-refractivity contribution is -0.114. The lowest BCUT2D eigenvalue weighted by Gasteiger charge is -2.19. The Bertz CT molecular complexity index is 932. The summed E-state index contributed by atoms with van der Waals surface area (Å²) >= 11 is 0. The molecule has 1 saturated heterocycles. The van der Waals surface area contributed by atoms with Gasteiger partial charge >= 0.3 is 0 Å². The Kier molecular flexibility index (Phi) is 6.23. The summed E-state index contributed by atoms with van der Waals surface area (Å²) in [4.78, 5) is 13.1. The minimum atomic E-state index is 0.0389. The van der Waals surface area contributed by atoms with Crippen molar-refractivity contribution in [2.75, 3.05) is 27.4 Å². The Hall–Kier alpha value is -2.85. The van der Waals surface area contributed by atoms with Crippen LogP contribution in [0.5, 0.6) is 11.5 Å². The van der Waals surface area contributed by atoms with Crippen molar-refractivity contribution in [3.05, 3.63) is 68.8 Å². The van der Waals surface area contributed by atoms with Crippen molar-refractivity contribution in [1.29, 1.82) is 0 Å². The van der Waals surface area contributed by atoms with E-state index < -0.39 is 0 Å². The van der Waals surface area contributed by atoms with Gasteiger partial charge in [0, 0.05) is 11.1 Å². The van der Waals surface area contributed by atoms with Gasteiger partial charge in [-0.2, -0.15) is 0 Å². The van der Waals surface area contributed by atoms with E-state index in [-0.39, 0.29) is 5.78 Å². The number of methoxy groups -OCH3 is 2. The Morgan fingerprint density at radius 1 is 0.724 bits per heavy atom. The van der Waals surface area contributed by atoms with Crippen molar-refractivity contribution in [3.63, 3.8) is 0 Å². The van der Waals surface area contributed by atoms with Crippen molar-refractivity contribution in [1.82, 2.24) is 0 Å². The zero-order valence-corrected chi connectivity index (χ0v) is 18.0. The molecule has 0 saturated carbocycles. The van der Waals surface area contributed by atoms with Crippen LogP contribution < -0.4 is 9.47 Å². The number of carbonyl (C=O) groups is 1. The van der Waals surface area contributed by atoms with E-state index in [9.17, 15) is 4.79 Å². The second-order valence-corrected chi connectivity index (χ2v) is 7.38. The first kappa shape index (κ1) is 20.9. The highest BCUT2D eigenvalue weighted by Gasteiger charge is 2.22. The van der Waals surface area contributed by atoms with Crippen molar-refractivity contribution < 1.29 is 19.0 Å². The molecule has 4 nitrogen and oxygen atoms in total. The fourth-order valence-corrected chi connectivity index (χ4v) is 3.59. The summed E-state index contributed by atoms with van der Waals surface area (Å²) < 4.78 is 16.5. The Labute approximate surface area is 172 Å². The molecular formula is C25H28O4. The molecule has 0 radical (unpaired) electrons. The molecule has 0 spiro atoms. The van der Waals surface area contributed by atoms with Crippen LogP contribution in [0.25, 0.3) is 12.2 Å². The molecule has 0 amide bonds. The molecule has 1 fully saturated rings. The molecule has 0 N–H and O–H groups in total. The second-order valence-electron chi connectivity index (χ2n) is 7.38. The molecule has 0 bridgehead atoms. The number of hydrogen-bond donors (Lipinski definition) is 0. The largest absolute Gasteiger partial charge is 0.496 e. The number of carbonyl (C=O) groups excluding carboxylic acids is 1. The number of benzene rings is 2. The summed E-state index contributed by atoms with van der Waals surface area (Å²) in [6.45, 7) is 8.77. The molecule has 3 rings (SSSR count). The van der Waals surface area contributed by atoms with Crippen LogP contribution in [0.4, 0.5) is 0 Å². The maximum atomic E-state index is 13.1.